The van der Waals surface area contributed by atoms with Gasteiger partial charge in [0.05, 0.1) is 0 Å². The Balaban J connectivity index is 4.09. The van der Waals surface area contributed by atoms with E-state index in [1.54, 1.807) is 0 Å². The molecule has 0 saturated heterocycles. The van der Waals surface area contributed by atoms with Crippen LogP contribution in [-0.2, 0) is 20.2 Å². The summed E-state index contributed by atoms with van der Waals surface area (Å²) in [6.07, 6.45) is 0. The normalized spacial score (nSPS) is 12.6. The van der Waals surface area contributed by atoms with Crippen molar-refractivity contribution in [2.45, 2.75) is 16.7 Å². The van der Waals surface area contributed by atoms with E-state index in [-0.39, 0.29) is 0 Å². The number of phenols is 3. The standard InChI is InChI=1S/C7H8O9S2/c1-2-6(17(11,12)13)4(9)3(8)5(10)7(2)18(14,15)16/h8-10H,1H3,(H,11,12,13)(H,14,15,16). The molecule has 102 valence electrons. The lowest BCUT2D eigenvalue weighted by molar-refractivity contribution is 0.348. The van der Waals surface area contributed by atoms with Crippen molar-refractivity contribution in [1.29, 1.82) is 0 Å². The van der Waals surface area contributed by atoms with E-state index in [4.69, 9.17) is 14.2 Å². The third-order valence-electron chi connectivity index (χ3n) is 2.08. The highest BCUT2D eigenvalue weighted by molar-refractivity contribution is 7.86. The first-order chi connectivity index (χ1) is 7.89. The van der Waals surface area contributed by atoms with Crippen LogP contribution in [0.25, 0.3) is 0 Å². The fourth-order valence-corrected chi connectivity index (χ4v) is 3.14. The van der Waals surface area contributed by atoms with Crippen molar-refractivity contribution in [3.8, 4) is 17.2 Å². The van der Waals surface area contributed by atoms with Crippen LogP contribution in [0.2, 0.25) is 0 Å². The van der Waals surface area contributed by atoms with E-state index in [1.807, 2.05) is 0 Å². The molecule has 0 aliphatic heterocycles. The summed E-state index contributed by atoms with van der Waals surface area (Å²) >= 11 is 0. The molecule has 0 fully saturated rings. The zero-order chi connectivity index (χ0) is 14.5. The smallest absolute Gasteiger partial charge is 0.298 e. The Morgan fingerprint density at radius 2 is 1.00 bits per heavy atom. The molecule has 1 aromatic rings. The average Bonchev–Trinajstić information content (AvgIpc) is 2.09. The van der Waals surface area contributed by atoms with Crippen molar-refractivity contribution in [3.63, 3.8) is 0 Å². The lowest BCUT2D eigenvalue weighted by atomic mass is 10.2. The molecular weight excluding hydrogens is 292 g/mol. The monoisotopic (exact) mass is 300 g/mol. The van der Waals surface area contributed by atoms with Gasteiger partial charge in [-0.3, -0.25) is 9.11 Å². The quantitative estimate of drug-likeness (QED) is 0.360. The van der Waals surface area contributed by atoms with Crippen LogP contribution in [0.3, 0.4) is 0 Å². The van der Waals surface area contributed by atoms with Crippen LogP contribution in [0, 0.1) is 6.92 Å². The van der Waals surface area contributed by atoms with Crippen molar-refractivity contribution in [3.05, 3.63) is 5.56 Å². The third-order valence-corrected chi connectivity index (χ3v) is 4.11. The van der Waals surface area contributed by atoms with E-state index in [1.165, 1.54) is 0 Å². The maximum Gasteiger partial charge on any atom is 0.298 e. The van der Waals surface area contributed by atoms with Crippen LogP contribution in [0.1, 0.15) is 5.56 Å². The van der Waals surface area contributed by atoms with E-state index < -0.39 is 52.8 Å². The van der Waals surface area contributed by atoms with Crippen molar-refractivity contribution in [2.24, 2.45) is 0 Å². The van der Waals surface area contributed by atoms with E-state index in [2.05, 4.69) is 0 Å². The van der Waals surface area contributed by atoms with Crippen LogP contribution < -0.4 is 0 Å². The Kier molecular flexibility index (Phi) is 3.21. The number of rotatable bonds is 2. The van der Waals surface area contributed by atoms with Crippen LogP contribution in [0.4, 0.5) is 0 Å². The van der Waals surface area contributed by atoms with Gasteiger partial charge in [0.25, 0.3) is 20.2 Å². The molecule has 5 N–H and O–H groups in total. The number of hydrogen-bond acceptors (Lipinski definition) is 7. The molecule has 0 aliphatic rings. The molecule has 0 amide bonds. The van der Waals surface area contributed by atoms with Crippen molar-refractivity contribution < 1.29 is 41.3 Å². The number of benzene rings is 1. The zero-order valence-electron chi connectivity index (χ0n) is 8.69. The number of hydrogen-bond donors (Lipinski definition) is 5. The molecule has 0 unspecified atom stereocenters. The Bertz CT molecular complexity index is 655. The van der Waals surface area contributed by atoms with Gasteiger partial charge in [-0.25, -0.2) is 0 Å². The van der Waals surface area contributed by atoms with Crippen molar-refractivity contribution >= 4 is 20.2 Å². The maximum atomic E-state index is 10.9. The first-order valence-electron chi connectivity index (χ1n) is 4.11. The lowest BCUT2D eigenvalue weighted by Crippen LogP contribution is -2.08. The Morgan fingerprint density at radius 3 is 1.22 bits per heavy atom. The molecule has 1 aromatic carbocycles. The Hall–Kier alpha value is -1.56. The molecule has 0 radical (unpaired) electrons. The third kappa shape index (κ3) is 2.20. The SMILES string of the molecule is Cc1c(S(=O)(=O)O)c(O)c(O)c(O)c1S(=O)(=O)O. The van der Waals surface area contributed by atoms with E-state index >= 15 is 0 Å². The summed E-state index contributed by atoms with van der Waals surface area (Å²) in [5.41, 5.74) is -0.840. The molecule has 0 aliphatic carbocycles. The first-order valence-corrected chi connectivity index (χ1v) is 6.99. The Labute approximate surface area is 101 Å². The second kappa shape index (κ2) is 3.98. The van der Waals surface area contributed by atoms with E-state index in [0.717, 1.165) is 6.92 Å². The molecule has 9 nitrogen and oxygen atoms in total. The average molecular weight is 300 g/mol. The van der Waals surface area contributed by atoms with Crippen LogP contribution in [-0.4, -0.2) is 41.3 Å². The zero-order valence-corrected chi connectivity index (χ0v) is 10.3. The van der Waals surface area contributed by atoms with Crippen LogP contribution >= 0.6 is 0 Å². The minimum Gasteiger partial charge on any atom is -0.503 e. The summed E-state index contributed by atoms with van der Waals surface area (Å²) < 4.78 is 61.4. The van der Waals surface area contributed by atoms with E-state index in [0.29, 0.717) is 0 Å². The molecule has 0 aromatic heterocycles. The van der Waals surface area contributed by atoms with Gasteiger partial charge in [-0.1, -0.05) is 0 Å². The number of aromatic hydroxyl groups is 3. The summed E-state index contributed by atoms with van der Waals surface area (Å²) in [6.45, 7) is 0.797. The highest BCUT2D eigenvalue weighted by Gasteiger charge is 2.33. The summed E-state index contributed by atoms with van der Waals surface area (Å²) in [7, 11) is -10.2. The predicted octanol–water partition coefficient (Wildman–Crippen LogP) is -0.395. The predicted molar refractivity (Wildman–Crippen MR) is 55.8 cm³/mol. The van der Waals surface area contributed by atoms with Gasteiger partial charge in [0, 0.05) is 0 Å². The van der Waals surface area contributed by atoms with Crippen molar-refractivity contribution in [1.82, 2.24) is 0 Å². The maximum absolute atomic E-state index is 10.9. The Morgan fingerprint density at radius 1 is 0.722 bits per heavy atom. The second-order valence-electron chi connectivity index (χ2n) is 3.28. The van der Waals surface area contributed by atoms with Gasteiger partial charge >= 0.3 is 0 Å². The lowest BCUT2D eigenvalue weighted by Gasteiger charge is -2.12. The minimum absolute atomic E-state index is 0.797. The van der Waals surface area contributed by atoms with Crippen LogP contribution in [0.5, 0.6) is 17.2 Å². The van der Waals surface area contributed by atoms with Gasteiger partial charge in [0.2, 0.25) is 5.75 Å². The molecule has 0 heterocycles. The largest absolute Gasteiger partial charge is 0.503 e. The highest BCUT2D eigenvalue weighted by atomic mass is 32.2. The molecule has 0 atom stereocenters. The minimum atomic E-state index is -5.08. The topological polar surface area (TPSA) is 169 Å². The van der Waals surface area contributed by atoms with E-state index in [9.17, 15) is 27.0 Å². The summed E-state index contributed by atoms with van der Waals surface area (Å²) in [5.74, 6) is -4.36. The summed E-state index contributed by atoms with van der Waals surface area (Å²) in [4.78, 5) is -2.66. The van der Waals surface area contributed by atoms with Gasteiger partial charge < -0.3 is 15.3 Å². The van der Waals surface area contributed by atoms with Gasteiger partial charge in [-0.05, 0) is 12.5 Å². The molecule has 1 rings (SSSR count). The second-order valence-corrected chi connectivity index (χ2v) is 6.00. The molecule has 0 saturated carbocycles. The van der Waals surface area contributed by atoms with Crippen LogP contribution in [0.15, 0.2) is 9.79 Å². The summed E-state index contributed by atoms with van der Waals surface area (Å²) in [5, 5.41) is 27.7. The first kappa shape index (κ1) is 14.5. The molecule has 0 spiro atoms. The fourth-order valence-electron chi connectivity index (χ4n) is 1.42. The molecule has 18 heavy (non-hydrogen) atoms. The molecular formula is C7H8O9S2. The van der Waals surface area contributed by atoms with Gasteiger partial charge in [0.15, 0.2) is 11.5 Å². The number of phenolic OH excluding ortho intramolecular Hbond substituents is 3. The van der Waals surface area contributed by atoms with Gasteiger partial charge in [-0.2, -0.15) is 16.8 Å². The molecule has 0 bridgehead atoms. The summed E-state index contributed by atoms with van der Waals surface area (Å²) in [6, 6.07) is 0. The fraction of sp³-hybridized carbons (Fsp3) is 0.143. The highest BCUT2D eigenvalue weighted by Crippen LogP contribution is 2.46. The molecule has 11 heteroatoms. The van der Waals surface area contributed by atoms with Gasteiger partial charge in [0.1, 0.15) is 9.79 Å². The van der Waals surface area contributed by atoms with Crippen molar-refractivity contribution in [2.75, 3.05) is 0 Å². The van der Waals surface area contributed by atoms with Gasteiger partial charge in [-0.15, -0.1) is 0 Å².